The number of likely N-dealkylation sites (tertiary alicyclic amines) is 2. The van der Waals surface area contributed by atoms with Crippen molar-refractivity contribution in [3.8, 4) is 0 Å². The van der Waals surface area contributed by atoms with Gasteiger partial charge >= 0.3 is 0 Å². The van der Waals surface area contributed by atoms with Crippen LogP contribution in [0.25, 0.3) is 0 Å². The van der Waals surface area contributed by atoms with Gasteiger partial charge in [0.15, 0.2) is 5.82 Å². The van der Waals surface area contributed by atoms with Crippen molar-refractivity contribution in [3.63, 3.8) is 0 Å². The highest BCUT2D eigenvalue weighted by Crippen LogP contribution is 2.45. The van der Waals surface area contributed by atoms with Gasteiger partial charge in [-0.15, -0.1) is 0 Å². The summed E-state index contributed by atoms with van der Waals surface area (Å²) in [7, 11) is 0. The SMILES string of the molecule is Cc1nc([C@]23CN(C(=O)c4ccccc4)C[C@H]2CN(C2CCCC2)C3)n[nH]1. The van der Waals surface area contributed by atoms with Crippen LogP contribution >= 0.6 is 0 Å². The molecule has 6 heteroatoms. The molecule has 1 N–H and O–H groups in total. The summed E-state index contributed by atoms with van der Waals surface area (Å²) in [5.74, 6) is 2.28. The predicted molar refractivity (Wildman–Crippen MR) is 102 cm³/mol. The summed E-state index contributed by atoms with van der Waals surface area (Å²) in [6.45, 7) is 5.49. The predicted octanol–water partition coefficient (Wildman–Crippen LogP) is 2.38. The van der Waals surface area contributed by atoms with Crippen molar-refractivity contribution >= 4 is 5.91 Å². The molecule has 0 unspecified atom stereocenters. The molecule has 2 aromatic rings. The van der Waals surface area contributed by atoms with Crippen LogP contribution < -0.4 is 0 Å². The number of fused-ring (bicyclic) bond motifs is 1. The number of carbonyl (C=O) groups excluding carboxylic acids is 1. The van der Waals surface area contributed by atoms with E-state index in [0.29, 0.717) is 18.5 Å². The number of amides is 1. The third-order valence-electron chi connectivity index (χ3n) is 6.83. The lowest BCUT2D eigenvalue weighted by Crippen LogP contribution is -2.42. The Morgan fingerprint density at radius 1 is 1.15 bits per heavy atom. The fourth-order valence-corrected chi connectivity index (χ4v) is 5.45. The molecule has 1 aliphatic carbocycles. The average molecular weight is 365 g/mol. The van der Waals surface area contributed by atoms with Crippen LogP contribution in [-0.2, 0) is 5.41 Å². The van der Waals surface area contributed by atoms with Crippen molar-refractivity contribution in [3.05, 3.63) is 47.5 Å². The van der Waals surface area contributed by atoms with Crippen molar-refractivity contribution in [2.45, 2.75) is 44.1 Å². The number of aromatic nitrogens is 3. The Bertz CT molecular complexity index is 828. The van der Waals surface area contributed by atoms with Gasteiger partial charge in [0.1, 0.15) is 5.82 Å². The van der Waals surface area contributed by atoms with Crippen molar-refractivity contribution in [2.75, 3.05) is 26.2 Å². The highest BCUT2D eigenvalue weighted by molar-refractivity contribution is 5.94. The number of benzene rings is 1. The molecule has 1 aromatic carbocycles. The van der Waals surface area contributed by atoms with Gasteiger partial charge < -0.3 is 4.90 Å². The molecule has 2 aliphatic heterocycles. The van der Waals surface area contributed by atoms with Crippen LogP contribution in [-0.4, -0.2) is 63.1 Å². The monoisotopic (exact) mass is 365 g/mol. The molecule has 2 atom stereocenters. The van der Waals surface area contributed by atoms with E-state index in [-0.39, 0.29) is 11.3 Å². The first-order valence-electron chi connectivity index (χ1n) is 10.1. The van der Waals surface area contributed by atoms with Crippen molar-refractivity contribution in [1.29, 1.82) is 0 Å². The van der Waals surface area contributed by atoms with E-state index in [1.807, 2.05) is 42.2 Å². The maximum Gasteiger partial charge on any atom is 0.253 e. The number of nitrogens with zero attached hydrogens (tertiary/aromatic N) is 4. The van der Waals surface area contributed by atoms with Crippen LogP contribution in [0.1, 0.15) is 47.7 Å². The minimum atomic E-state index is -0.141. The second-order valence-electron chi connectivity index (χ2n) is 8.52. The summed E-state index contributed by atoms with van der Waals surface area (Å²) in [5, 5.41) is 7.59. The Hall–Kier alpha value is -2.21. The smallest absolute Gasteiger partial charge is 0.253 e. The summed E-state index contributed by atoms with van der Waals surface area (Å²) >= 11 is 0. The number of H-pyrrole nitrogens is 1. The second kappa shape index (κ2) is 6.44. The van der Waals surface area contributed by atoms with Crippen LogP contribution in [0.2, 0.25) is 0 Å². The Labute approximate surface area is 160 Å². The lowest BCUT2D eigenvalue weighted by molar-refractivity contribution is 0.0764. The van der Waals surface area contributed by atoms with E-state index in [1.165, 1.54) is 25.7 Å². The number of aryl methyl sites for hydroxylation is 1. The summed E-state index contributed by atoms with van der Waals surface area (Å²) < 4.78 is 0. The number of hydrogen-bond donors (Lipinski definition) is 1. The summed E-state index contributed by atoms with van der Waals surface area (Å²) in [4.78, 5) is 22.5. The van der Waals surface area contributed by atoms with E-state index in [9.17, 15) is 4.79 Å². The number of hydrogen-bond acceptors (Lipinski definition) is 4. The second-order valence-corrected chi connectivity index (χ2v) is 8.52. The molecule has 5 rings (SSSR count). The molecule has 142 valence electrons. The van der Waals surface area contributed by atoms with Gasteiger partial charge in [-0.3, -0.25) is 14.8 Å². The van der Waals surface area contributed by atoms with Gasteiger partial charge in [0.25, 0.3) is 5.91 Å². The fraction of sp³-hybridized carbons (Fsp3) is 0.571. The van der Waals surface area contributed by atoms with Gasteiger partial charge in [-0.2, -0.15) is 5.10 Å². The third-order valence-corrected chi connectivity index (χ3v) is 6.83. The number of aromatic amines is 1. The summed E-state index contributed by atoms with van der Waals surface area (Å²) in [6, 6.07) is 10.3. The molecular formula is C21H27N5O. The molecule has 27 heavy (non-hydrogen) atoms. The van der Waals surface area contributed by atoms with Crippen LogP contribution in [0.15, 0.2) is 30.3 Å². The molecule has 1 amide bonds. The minimum Gasteiger partial charge on any atom is -0.337 e. The normalized spacial score (nSPS) is 28.8. The van der Waals surface area contributed by atoms with Crippen molar-refractivity contribution in [2.24, 2.45) is 5.92 Å². The van der Waals surface area contributed by atoms with Gasteiger partial charge in [-0.25, -0.2) is 4.98 Å². The van der Waals surface area contributed by atoms with Crippen LogP contribution in [0.4, 0.5) is 0 Å². The van der Waals surface area contributed by atoms with E-state index in [2.05, 4.69) is 15.1 Å². The lowest BCUT2D eigenvalue weighted by atomic mass is 9.80. The standard InChI is InChI=1S/C21H27N5O/c1-15-22-20(24-23-15)21-13-25(18-9-5-6-10-18)11-17(21)12-26(14-21)19(27)16-7-3-2-4-8-16/h2-4,7-8,17-18H,5-6,9-14H2,1H3,(H,22,23,24)/t17-,21-/m1/s1. The highest BCUT2D eigenvalue weighted by atomic mass is 16.2. The molecule has 0 spiro atoms. The Morgan fingerprint density at radius 2 is 1.93 bits per heavy atom. The zero-order chi connectivity index (χ0) is 18.4. The fourth-order valence-electron chi connectivity index (χ4n) is 5.45. The van der Waals surface area contributed by atoms with Gasteiger partial charge in [-0.1, -0.05) is 31.0 Å². The minimum absolute atomic E-state index is 0.129. The number of rotatable bonds is 3. The Morgan fingerprint density at radius 3 is 2.63 bits per heavy atom. The quantitative estimate of drug-likeness (QED) is 0.907. The summed E-state index contributed by atoms with van der Waals surface area (Å²) in [6.07, 6.45) is 5.30. The summed E-state index contributed by atoms with van der Waals surface area (Å²) in [5.41, 5.74) is 0.629. The molecule has 6 nitrogen and oxygen atoms in total. The molecule has 3 fully saturated rings. The molecule has 1 saturated carbocycles. The number of carbonyl (C=O) groups is 1. The first-order chi connectivity index (χ1) is 13.2. The lowest BCUT2D eigenvalue weighted by Gasteiger charge is -2.29. The average Bonchev–Trinajstić information content (AvgIpc) is 3.44. The molecule has 0 bridgehead atoms. The molecule has 2 saturated heterocycles. The molecule has 3 aliphatic rings. The molecule has 3 heterocycles. The largest absolute Gasteiger partial charge is 0.337 e. The van der Waals surface area contributed by atoms with Crippen LogP contribution in [0, 0.1) is 12.8 Å². The van der Waals surface area contributed by atoms with Gasteiger partial charge in [-0.05, 0) is 31.9 Å². The third kappa shape index (κ3) is 2.78. The van der Waals surface area contributed by atoms with Crippen LogP contribution in [0.3, 0.4) is 0 Å². The Balaban J connectivity index is 1.44. The van der Waals surface area contributed by atoms with E-state index in [4.69, 9.17) is 4.98 Å². The van der Waals surface area contributed by atoms with Gasteiger partial charge in [0, 0.05) is 43.7 Å². The first kappa shape index (κ1) is 16.9. The molecule has 1 aromatic heterocycles. The first-order valence-corrected chi connectivity index (χ1v) is 10.1. The topological polar surface area (TPSA) is 65.1 Å². The van der Waals surface area contributed by atoms with E-state index in [1.54, 1.807) is 0 Å². The van der Waals surface area contributed by atoms with E-state index >= 15 is 0 Å². The zero-order valence-corrected chi connectivity index (χ0v) is 15.9. The molecule has 0 radical (unpaired) electrons. The van der Waals surface area contributed by atoms with Crippen LogP contribution in [0.5, 0.6) is 0 Å². The zero-order valence-electron chi connectivity index (χ0n) is 15.9. The van der Waals surface area contributed by atoms with Crippen molar-refractivity contribution < 1.29 is 4.79 Å². The van der Waals surface area contributed by atoms with Crippen molar-refractivity contribution in [1.82, 2.24) is 25.0 Å². The maximum absolute atomic E-state index is 13.1. The van der Waals surface area contributed by atoms with E-state index < -0.39 is 0 Å². The van der Waals surface area contributed by atoms with Gasteiger partial charge in [0.05, 0.1) is 5.41 Å². The maximum atomic E-state index is 13.1. The molecular weight excluding hydrogens is 338 g/mol. The van der Waals surface area contributed by atoms with Gasteiger partial charge in [0.2, 0.25) is 0 Å². The highest BCUT2D eigenvalue weighted by Gasteiger charge is 2.57. The number of nitrogens with one attached hydrogen (secondary N) is 1. The van der Waals surface area contributed by atoms with E-state index in [0.717, 1.165) is 36.8 Å². The Kier molecular flexibility index (Phi) is 4.04.